The van der Waals surface area contributed by atoms with Gasteiger partial charge >= 0.3 is 0 Å². The van der Waals surface area contributed by atoms with Gasteiger partial charge in [-0.1, -0.05) is 0 Å². The van der Waals surface area contributed by atoms with Gasteiger partial charge in [0, 0.05) is 25.2 Å². The van der Waals surface area contributed by atoms with Crippen LogP contribution in [0.5, 0.6) is 0 Å². The Morgan fingerprint density at radius 1 is 1.50 bits per heavy atom. The molecule has 1 aliphatic rings. The van der Waals surface area contributed by atoms with Crippen LogP contribution < -0.4 is 10.5 Å². The van der Waals surface area contributed by atoms with Gasteiger partial charge in [-0.05, 0) is 33.2 Å². The first kappa shape index (κ1) is 19.0. The SMILES string of the molecule is CNS(=O)(=O)c1cc(C(=O)N2CCCCC2CN)c(C)o1.Cl. The molecule has 1 atom stereocenters. The fourth-order valence-corrected chi connectivity index (χ4v) is 3.28. The first-order valence-electron chi connectivity index (χ1n) is 6.95. The minimum Gasteiger partial charge on any atom is -0.448 e. The summed E-state index contributed by atoms with van der Waals surface area (Å²) in [5.74, 6) is 0.0825. The van der Waals surface area contributed by atoms with Crippen LogP contribution in [0.15, 0.2) is 15.6 Å². The number of aryl methyl sites for hydroxylation is 1. The maximum absolute atomic E-state index is 12.6. The lowest BCUT2D eigenvalue weighted by molar-refractivity contribution is 0.0621. The second-order valence-electron chi connectivity index (χ2n) is 5.13. The lowest BCUT2D eigenvalue weighted by Crippen LogP contribution is -2.47. The summed E-state index contributed by atoms with van der Waals surface area (Å²) < 4.78 is 30.9. The lowest BCUT2D eigenvalue weighted by atomic mass is 10.0. The number of hydrogen-bond donors (Lipinski definition) is 2. The molecule has 0 aromatic carbocycles. The Morgan fingerprint density at radius 2 is 2.18 bits per heavy atom. The van der Waals surface area contributed by atoms with Crippen LogP contribution in [0.1, 0.15) is 35.4 Å². The van der Waals surface area contributed by atoms with E-state index >= 15 is 0 Å². The maximum atomic E-state index is 12.6. The molecule has 0 bridgehead atoms. The molecule has 0 spiro atoms. The Balaban J connectivity index is 0.00000242. The topological polar surface area (TPSA) is 106 Å². The lowest BCUT2D eigenvalue weighted by Gasteiger charge is -2.34. The van der Waals surface area contributed by atoms with Crippen molar-refractivity contribution in [3.05, 3.63) is 17.4 Å². The highest BCUT2D eigenvalue weighted by atomic mass is 35.5. The van der Waals surface area contributed by atoms with E-state index in [1.807, 2.05) is 0 Å². The van der Waals surface area contributed by atoms with Crippen molar-refractivity contribution in [2.75, 3.05) is 20.1 Å². The zero-order valence-corrected chi connectivity index (χ0v) is 14.3. The van der Waals surface area contributed by atoms with Crippen molar-refractivity contribution in [2.45, 2.75) is 37.3 Å². The van der Waals surface area contributed by atoms with Crippen LogP contribution >= 0.6 is 12.4 Å². The van der Waals surface area contributed by atoms with E-state index in [0.717, 1.165) is 19.3 Å². The Morgan fingerprint density at radius 3 is 2.77 bits per heavy atom. The predicted octanol–water partition coefficient (Wildman–Crippen LogP) is 0.871. The molecule has 7 nitrogen and oxygen atoms in total. The summed E-state index contributed by atoms with van der Waals surface area (Å²) >= 11 is 0. The quantitative estimate of drug-likeness (QED) is 0.837. The average Bonchev–Trinajstić information content (AvgIpc) is 2.89. The van der Waals surface area contributed by atoms with Gasteiger partial charge in [0.25, 0.3) is 15.9 Å². The second-order valence-corrected chi connectivity index (χ2v) is 6.94. The van der Waals surface area contributed by atoms with Crippen molar-refractivity contribution in [2.24, 2.45) is 5.73 Å². The molecule has 2 heterocycles. The maximum Gasteiger partial charge on any atom is 0.273 e. The number of piperidine rings is 1. The van der Waals surface area contributed by atoms with Crippen molar-refractivity contribution < 1.29 is 17.6 Å². The van der Waals surface area contributed by atoms with Crippen LogP contribution in [0.2, 0.25) is 0 Å². The van der Waals surface area contributed by atoms with Crippen molar-refractivity contribution in [3.8, 4) is 0 Å². The number of rotatable bonds is 4. The van der Waals surface area contributed by atoms with Crippen LogP contribution in [0.25, 0.3) is 0 Å². The number of carbonyl (C=O) groups is 1. The average molecular weight is 352 g/mol. The van der Waals surface area contributed by atoms with Gasteiger partial charge in [0.1, 0.15) is 5.76 Å². The number of furan rings is 1. The summed E-state index contributed by atoms with van der Waals surface area (Å²) in [6.07, 6.45) is 2.86. The first-order chi connectivity index (χ1) is 9.90. The Kier molecular flexibility index (Phi) is 6.42. The van der Waals surface area contributed by atoms with E-state index in [0.29, 0.717) is 18.8 Å². The second kappa shape index (κ2) is 7.45. The molecular weight excluding hydrogens is 330 g/mol. The van der Waals surface area contributed by atoms with E-state index in [-0.39, 0.29) is 35.0 Å². The molecule has 0 aliphatic carbocycles. The van der Waals surface area contributed by atoms with E-state index < -0.39 is 10.0 Å². The van der Waals surface area contributed by atoms with Crippen molar-refractivity contribution in [3.63, 3.8) is 0 Å². The Hall–Kier alpha value is -1.09. The number of nitrogens with one attached hydrogen (secondary N) is 1. The molecule has 2 rings (SSSR count). The highest BCUT2D eigenvalue weighted by Gasteiger charge is 2.30. The molecule has 1 aromatic rings. The molecule has 1 aliphatic heterocycles. The molecule has 0 saturated carbocycles. The molecule has 1 saturated heterocycles. The molecule has 1 amide bonds. The standard InChI is InChI=1S/C13H21N3O4S.ClH/c1-9-11(7-12(20-9)21(18,19)15-2)13(17)16-6-4-3-5-10(16)8-14;/h7,10,15H,3-6,8,14H2,1-2H3;1H. The van der Waals surface area contributed by atoms with Crippen LogP contribution in [0.4, 0.5) is 0 Å². The van der Waals surface area contributed by atoms with Crippen molar-refractivity contribution >= 4 is 28.3 Å². The Bertz CT molecular complexity index is 629. The highest BCUT2D eigenvalue weighted by molar-refractivity contribution is 7.89. The number of amides is 1. The van der Waals surface area contributed by atoms with Gasteiger partial charge in [0.15, 0.2) is 0 Å². The summed E-state index contributed by atoms with van der Waals surface area (Å²) in [4.78, 5) is 14.3. The van der Waals surface area contributed by atoms with E-state index in [1.54, 1.807) is 11.8 Å². The zero-order chi connectivity index (χ0) is 15.6. The van der Waals surface area contributed by atoms with Gasteiger partial charge in [-0.2, -0.15) is 0 Å². The monoisotopic (exact) mass is 351 g/mol. The minimum absolute atomic E-state index is 0. The molecule has 3 N–H and O–H groups in total. The predicted molar refractivity (Wildman–Crippen MR) is 84.7 cm³/mol. The minimum atomic E-state index is -3.70. The van der Waals surface area contributed by atoms with Crippen LogP contribution in [0, 0.1) is 6.92 Å². The summed E-state index contributed by atoms with van der Waals surface area (Å²) in [6.45, 7) is 2.63. The number of carbonyl (C=O) groups excluding carboxylic acids is 1. The smallest absolute Gasteiger partial charge is 0.273 e. The third kappa shape index (κ3) is 3.62. The van der Waals surface area contributed by atoms with E-state index in [4.69, 9.17) is 10.2 Å². The fourth-order valence-electron chi connectivity index (χ4n) is 2.57. The van der Waals surface area contributed by atoms with Crippen LogP contribution in [-0.2, 0) is 10.0 Å². The molecule has 126 valence electrons. The van der Waals surface area contributed by atoms with Gasteiger partial charge in [0.05, 0.1) is 5.56 Å². The normalized spacial score (nSPS) is 18.9. The fraction of sp³-hybridized carbons (Fsp3) is 0.615. The van der Waals surface area contributed by atoms with Crippen molar-refractivity contribution in [1.29, 1.82) is 0 Å². The summed E-state index contributed by atoms with van der Waals surface area (Å²) in [5, 5.41) is -0.243. The number of halogens is 1. The Labute approximate surface area is 136 Å². The number of nitrogens with two attached hydrogens (primary N) is 1. The number of likely N-dealkylation sites (tertiary alicyclic amines) is 1. The third-order valence-corrected chi connectivity index (χ3v) is 5.09. The molecule has 0 radical (unpaired) electrons. The third-order valence-electron chi connectivity index (χ3n) is 3.82. The molecule has 1 aromatic heterocycles. The van der Waals surface area contributed by atoms with E-state index in [1.165, 1.54) is 13.1 Å². The first-order valence-corrected chi connectivity index (χ1v) is 8.44. The van der Waals surface area contributed by atoms with Gasteiger partial charge in [-0.15, -0.1) is 12.4 Å². The molecule has 1 unspecified atom stereocenters. The van der Waals surface area contributed by atoms with Gasteiger partial charge in [-0.3, -0.25) is 4.79 Å². The zero-order valence-electron chi connectivity index (χ0n) is 12.7. The van der Waals surface area contributed by atoms with E-state index in [9.17, 15) is 13.2 Å². The summed E-state index contributed by atoms with van der Waals surface area (Å²) in [5.41, 5.74) is 6.00. The van der Waals surface area contributed by atoms with Crippen LogP contribution in [-0.4, -0.2) is 45.4 Å². The van der Waals surface area contributed by atoms with Gasteiger partial charge in [-0.25, -0.2) is 13.1 Å². The van der Waals surface area contributed by atoms with Crippen LogP contribution in [0.3, 0.4) is 0 Å². The molecule has 1 fully saturated rings. The van der Waals surface area contributed by atoms with Gasteiger partial charge in [0.2, 0.25) is 5.09 Å². The van der Waals surface area contributed by atoms with Gasteiger partial charge < -0.3 is 15.1 Å². The summed E-state index contributed by atoms with van der Waals surface area (Å²) in [6, 6.07) is 1.29. The van der Waals surface area contributed by atoms with E-state index in [2.05, 4.69) is 4.72 Å². The molecule has 22 heavy (non-hydrogen) atoms. The number of sulfonamides is 1. The van der Waals surface area contributed by atoms with Crippen molar-refractivity contribution in [1.82, 2.24) is 9.62 Å². The largest absolute Gasteiger partial charge is 0.448 e. The summed E-state index contributed by atoms with van der Waals surface area (Å²) in [7, 11) is -2.40. The number of nitrogens with zero attached hydrogens (tertiary/aromatic N) is 1. The molecule has 9 heteroatoms. The number of hydrogen-bond acceptors (Lipinski definition) is 5. The highest BCUT2D eigenvalue weighted by Crippen LogP contribution is 2.24. The molecular formula is C13H22ClN3O4S.